The molecule has 0 fully saturated rings. The highest BCUT2D eigenvalue weighted by Gasteiger charge is 2.23. The molecule has 0 saturated carbocycles. The largest absolute Gasteiger partial charge is 0.456 e. The number of nitrogens with zero attached hydrogens (tertiary/aromatic N) is 1. The minimum atomic E-state index is -1.48. The molecule has 0 spiro atoms. The van der Waals surface area contributed by atoms with Crippen molar-refractivity contribution in [2.75, 3.05) is 0 Å². The summed E-state index contributed by atoms with van der Waals surface area (Å²) in [6.07, 6.45) is 1.44. The molecular formula is C22H24Cl2FNO3S2. The second-order valence-corrected chi connectivity index (χ2v) is 12.5. The average Bonchev–Trinajstić information content (AvgIpc) is 2.60. The Labute approximate surface area is 199 Å². The van der Waals surface area contributed by atoms with Crippen molar-refractivity contribution < 1.29 is 18.1 Å². The number of rotatable bonds is 5. The normalized spacial score (nSPS) is 13.5. The van der Waals surface area contributed by atoms with E-state index < -0.39 is 33.1 Å². The molecular weight excluding hydrogens is 480 g/mol. The van der Waals surface area contributed by atoms with Crippen molar-refractivity contribution in [2.24, 2.45) is 4.40 Å². The Hall–Kier alpha value is -1.41. The fourth-order valence-corrected chi connectivity index (χ4v) is 4.38. The summed E-state index contributed by atoms with van der Waals surface area (Å²) >= 11 is 13.7. The summed E-state index contributed by atoms with van der Waals surface area (Å²) in [6, 6.07) is 7.06. The van der Waals surface area contributed by atoms with Crippen molar-refractivity contribution in [3.63, 3.8) is 0 Å². The summed E-state index contributed by atoms with van der Waals surface area (Å²) in [4.78, 5) is 13.6. The number of halogens is 3. The summed E-state index contributed by atoms with van der Waals surface area (Å²) < 4.78 is 35.2. The molecule has 31 heavy (non-hydrogen) atoms. The van der Waals surface area contributed by atoms with Crippen LogP contribution in [0, 0.1) is 5.82 Å². The van der Waals surface area contributed by atoms with E-state index in [4.69, 9.17) is 27.9 Å². The van der Waals surface area contributed by atoms with Gasteiger partial charge in [-0.3, -0.25) is 0 Å². The molecule has 4 nitrogen and oxygen atoms in total. The van der Waals surface area contributed by atoms with Crippen LogP contribution in [0.5, 0.6) is 0 Å². The maximum Gasteiger partial charge on any atom is 0.339 e. The van der Waals surface area contributed by atoms with Gasteiger partial charge in [0.05, 0.1) is 15.3 Å². The minimum Gasteiger partial charge on any atom is -0.456 e. The molecule has 0 N–H and O–H groups in total. The van der Waals surface area contributed by atoms with Crippen molar-refractivity contribution >= 4 is 58.1 Å². The minimum absolute atomic E-state index is 0.0760. The Bertz CT molecular complexity index is 1040. The number of carbonyl (C=O) groups is 1. The van der Waals surface area contributed by atoms with Gasteiger partial charge in [0, 0.05) is 26.6 Å². The molecule has 1 unspecified atom stereocenters. The molecule has 0 heterocycles. The summed E-state index contributed by atoms with van der Waals surface area (Å²) in [7, 11) is -1.48. The van der Waals surface area contributed by atoms with Gasteiger partial charge >= 0.3 is 5.97 Å². The Morgan fingerprint density at radius 1 is 1.13 bits per heavy atom. The smallest absolute Gasteiger partial charge is 0.339 e. The van der Waals surface area contributed by atoms with E-state index in [1.54, 1.807) is 32.9 Å². The van der Waals surface area contributed by atoms with Crippen LogP contribution in [0.4, 0.5) is 4.39 Å². The predicted molar refractivity (Wildman–Crippen MR) is 128 cm³/mol. The quantitative estimate of drug-likeness (QED) is 0.321. The third kappa shape index (κ3) is 7.59. The fourth-order valence-electron chi connectivity index (χ4n) is 2.24. The Balaban J connectivity index is 2.51. The first-order valence-corrected chi connectivity index (χ1v) is 12.0. The van der Waals surface area contributed by atoms with Crippen molar-refractivity contribution in [2.45, 2.75) is 61.7 Å². The lowest BCUT2D eigenvalue weighted by Crippen LogP contribution is -2.24. The van der Waals surface area contributed by atoms with Crippen LogP contribution in [-0.2, 0) is 15.7 Å². The van der Waals surface area contributed by atoms with Gasteiger partial charge < -0.3 is 4.74 Å². The van der Waals surface area contributed by atoms with Gasteiger partial charge in [-0.05, 0) is 71.9 Å². The molecule has 0 amide bonds. The zero-order valence-corrected chi connectivity index (χ0v) is 21.2. The number of hydrogen-bond acceptors (Lipinski definition) is 4. The first kappa shape index (κ1) is 25.8. The fraction of sp³-hybridized carbons (Fsp3) is 0.364. The summed E-state index contributed by atoms with van der Waals surface area (Å²) in [5.41, 5.74) is -0.135. The van der Waals surface area contributed by atoms with Crippen LogP contribution in [0.1, 0.15) is 57.5 Å². The van der Waals surface area contributed by atoms with Gasteiger partial charge in [0.15, 0.2) is 0 Å². The van der Waals surface area contributed by atoms with Crippen molar-refractivity contribution in [3.05, 3.63) is 57.3 Å². The van der Waals surface area contributed by atoms with E-state index >= 15 is 0 Å². The molecule has 9 heteroatoms. The highest BCUT2D eigenvalue weighted by atomic mass is 35.5. The molecule has 2 rings (SSSR count). The van der Waals surface area contributed by atoms with E-state index in [9.17, 15) is 13.4 Å². The van der Waals surface area contributed by atoms with E-state index in [-0.39, 0.29) is 5.56 Å². The van der Waals surface area contributed by atoms with E-state index in [1.807, 2.05) is 20.8 Å². The highest BCUT2D eigenvalue weighted by molar-refractivity contribution is 7.99. The van der Waals surface area contributed by atoms with Gasteiger partial charge in [0.2, 0.25) is 0 Å². The number of ether oxygens (including phenoxy) is 1. The van der Waals surface area contributed by atoms with Crippen LogP contribution >= 0.6 is 35.0 Å². The lowest BCUT2D eigenvalue weighted by molar-refractivity contribution is 0.00650. The molecule has 2 aromatic carbocycles. The molecule has 0 saturated heterocycles. The Morgan fingerprint density at radius 2 is 1.77 bits per heavy atom. The van der Waals surface area contributed by atoms with Crippen LogP contribution in [0.15, 0.2) is 44.5 Å². The van der Waals surface area contributed by atoms with E-state index in [0.717, 1.165) is 17.8 Å². The third-order valence-corrected chi connectivity index (χ3v) is 6.83. The average molecular weight is 504 g/mol. The standard InChI is InChI=1S/C22H24Cl2FNO3S2/c1-21(2,3)29-20(27)16-11-15(25)7-8-18(16)30-19-13(9-14(23)10-17(19)24)12-26-31(28)22(4,5)6/h7-12H,1-6H3/b26-12+. The molecule has 0 aromatic heterocycles. The van der Waals surface area contributed by atoms with Crippen molar-refractivity contribution in [1.82, 2.24) is 0 Å². The van der Waals surface area contributed by atoms with Crippen LogP contribution in [0.25, 0.3) is 0 Å². The SMILES string of the molecule is CC(C)(C)OC(=O)c1cc(F)ccc1Sc1c(Cl)cc(Cl)cc1/C=N/S(=O)C(C)(C)C. The second kappa shape index (κ2) is 10.0. The first-order chi connectivity index (χ1) is 14.2. The molecule has 0 aliphatic rings. The molecule has 0 aliphatic heterocycles. The van der Waals surface area contributed by atoms with Crippen LogP contribution in [0.2, 0.25) is 10.0 Å². The maximum atomic E-state index is 13.9. The van der Waals surface area contributed by atoms with Gasteiger partial charge in [-0.2, -0.15) is 4.40 Å². The van der Waals surface area contributed by atoms with Crippen LogP contribution in [-0.4, -0.2) is 26.7 Å². The van der Waals surface area contributed by atoms with Gasteiger partial charge in [-0.25, -0.2) is 13.4 Å². The van der Waals surface area contributed by atoms with Gasteiger partial charge in [0.25, 0.3) is 0 Å². The number of benzene rings is 2. The molecule has 0 bridgehead atoms. The Morgan fingerprint density at radius 3 is 2.35 bits per heavy atom. The third-order valence-electron chi connectivity index (χ3n) is 3.62. The van der Waals surface area contributed by atoms with Crippen LogP contribution < -0.4 is 0 Å². The topological polar surface area (TPSA) is 55.7 Å². The summed E-state index contributed by atoms with van der Waals surface area (Å²) in [5.74, 6) is -1.21. The molecule has 0 radical (unpaired) electrons. The first-order valence-electron chi connectivity index (χ1n) is 9.33. The van der Waals surface area contributed by atoms with Crippen molar-refractivity contribution in [3.8, 4) is 0 Å². The van der Waals surface area contributed by atoms with E-state index in [0.29, 0.717) is 25.4 Å². The Kier molecular flexibility index (Phi) is 8.36. The zero-order valence-electron chi connectivity index (χ0n) is 18.1. The molecule has 2 aromatic rings. The van der Waals surface area contributed by atoms with Gasteiger partial charge in [-0.15, -0.1) is 0 Å². The number of hydrogen-bond donors (Lipinski definition) is 0. The molecule has 1 atom stereocenters. The van der Waals surface area contributed by atoms with E-state index in [1.165, 1.54) is 18.3 Å². The monoisotopic (exact) mass is 503 g/mol. The molecule has 0 aliphatic carbocycles. The second-order valence-electron chi connectivity index (χ2n) is 8.65. The number of carbonyl (C=O) groups excluding carboxylic acids is 1. The summed E-state index contributed by atoms with van der Waals surface area (Å²) in [6.45, 7) is 10.6. The lowest BCUT2D eigenvalue weighted by atomic mass is 10.1. The molecule has 168 valence electrons. The van der Waals surface area contributed by atoms with Crippen molar-refractivity contribution in [1.29, 1.82) is 0 Å². The highest BCUT2D eigenvalue weighted by Crippen LogP contribution is 2.39. The maximum absolute atomic E-state index is 13.9. The lowest BCUT2D eigenvalue weighted by Gasteiger charge is -2.20. The van der Waals surface area contributed by atoms with E-state index in [2.05, 4.69) is 4.40 Å². The number of esters is 1. The van der Waals surface area contributed by atoms with Gasteiger partial charge in [-0.1, -0.05) is 35.0 Å². The predicted octanol–water partition coefficient (Wildman–Crippen LogP) is 7.12. The van der Waals surface area contributed by atoms with Crippen LogP contribution in [0.3, 0.4) is 0 Å². The van der Waals surface area contributed by atoms with Gasteiger partial charge in [0.1, 0.15) is 22.4 Å². The zero-order chi connectivity index (χ0) is 23.6. The summed E-state index contributed by atoms with van der Waals surface area (Å²) in [5, 5.41) is 0.698.